The third-order valence-electron chi connectivity index (χ3n) is 3.32. The molecule has 2 aromatic rings. The van der Waals surface area contributed by atoms with Crippen molar-refractivity contribution in [2.75, 3.05) is 23.8 Å². The lowest BCUT2D eigenvalue weighted by Crippen LogP contribution is -2.15. The zero-order chi connectivity index (χ0) is 13.9. The molecule has 1 atom stereocenters. The summed E-state index contributed by atoms with van der Waals surface area (Å²) in [6.45, 7) is 5.45. The number of aryl methyl sites for hydroxylation is 1. The largest absolute Gasteiger partial charge is 0.491 e. The van der Waals surface area contributed by atoms with E-state index in [2.05, 4.69) is 26.7 Å². The molecule has 5 nitrogen and oxygen atoms in total. The van der Waals surface area contributed by atoms with Crippen LogP contribution in [0.25, 0.3) is 0 Å². The van der Waals surface area contributed by atoms with E-state index in [0.717, 1.165) is 23.7 Å². The van der Waals surface area contributed by atoms with Crippen molar-refractivity contribution in [3.05, 3.63) is 41.6 Å². The maximum Gasteiger partial charge on any atom is 0.224 e. The van der Waals surface area contributed by atoms with Gasteiger partial charge in [0.25, 0.3) is 0 Å². The summed E-state index contributed by atoms with van der Waals surface area (Å²) in [7, 11) is 0. The fourth-order valence-corrected chi connectivity index (χ4v) is 2.28. The number of rotatable bonds is 4. The van der Waals surface area contributed by atoms with Crippen LogP contribution < -0.4 is 15.4 Å². The summed E-state index contributed by atoms with van der Waals surface area (Å²) in [6, 6.07) is 8.23. The van der Waals surface area contributed by atoms with Gasteiger partial charge in [0.1, 0.15) is 18.2 Å². The number of nitrogens with one attached hydrogen (secondary N) is 2. The molecule has 0 radical (unpaired) electrons. The minimum absolute atomic E-state index is 0.134. The minimum atomic E-state index is 0.134. The number of fused-ring (bicyclic) bond motifs is 1. The number of nitrogens with zero attached hydrogens (tertiary/aromatic N) is 2. The number of benzene rings is 1. The van der Waals surface area contributed by atoms with E-state index in [9.17, 15) is 0 Å². The van der Waals surface area contributed by atoms with Crippen LogP contribution in [-0.4, -0.2) is 23.1 Å². The fourth-order valence-electron chi connectivity index (χ4n) is 2.28. The highest BCUT2D eigenvalue weighted by Gasteiger charge is 2.24. The monoisotopic (exact) mass is 270 g/mol. The van der Waals surface area contributed by atoms with E-state index in [1.165, 1.54) is 5.56 Å². The number of ether oxygens (including phenoxy) is 1. The molecular weight excluding hydrogens is 252 g/mol. The second-order valence-corrected chi connectivity index (χ2v) is 4.80. The minimum Gasteiger partial charge on any atom is -0.491 e. The Kier molecular flexibility index (Phi) is 3.41. The van der Waals surface area contributed by atoms with E-state index < -0.39 is 0 Å². The van der Waals surface area contributed by atoms with Gasteiger partial charge in [-0.3, -0.25) is 0 Å². The lowest BCUT2D eigenvalue weighted by Gasteiger charge is -2.15. The van der Waals surface area contributed by atoms with Crippen LogP contribution in [0.4, 0.5) is 11.8 Å². The second kappa shape index (κ2) is 5.36. The summed E-state index contributed by atoms with van der Waals surface area (Å²) in [6.07, 6.45) is 1.83. The predicted molar refractivity (Wildman–Crippen MR) is 79.2 cm³/mol. The van der Waals surface area contributed by atoms with Gasteiger partial charge in [-0.25, -0.2) is 4.98 Å². The molecule has 0 spiro atoms. The van der Waals surface area contributed by atoms with Crippen molar-refractivity contribution in [3.8, 4) is 5.75 Å². The van der Waals surface area contributed by atoms with Crippen molar-refractivity contribution in [1.29, 1.82) is 0 Å². The van der Waals surface area contributed by atoms with Crippen LogP contribution >= 0.6 is 0 Å². The molecule has 2 heterocycles. The van der Waals surface area contributed by atoms with E-state index in [4.69, 9.17) is 4.74 Å². The van der Waals surface area contributed by atoms with Gasteiger partial charge >= 0.3 is 0 Å². The smallest absolute Gasteiger partial charge is 0.224 e. The normalized spacial score (nSPS) is 16.4. The molecule has 0 fully saturated rings. The summed E-state index contributed by atoms with van der Waals surface area (Å²) in [5.41, 5.74) is 2.20. The molecule has 0 saturated heterocycles. The predicted octanol–water partition coefficient (Wildman–Crippen LogP) is 2.76. The molecule has 0 aliphatic carbocycles. The summed E-state index contributed by atoms with van der Waals surface area (Å²) in [5.74, 6) is 2.44. The molecule has 3 rings (SSSR count). The first-order valence-corrected chi connectivity index (χ1v) is 6.83. The van der Waals surface area contributed by atoms with Crippen LogP contribution in [0.5, 0.6) is 5.75 Å². The average Bonchev–Trinajstić information content (AvgIpc) is 2.86. The highest BCUT2D eigenvalue weighted by atomic mass is 16.5. The molecule has 1 aliphatic heterocycles. The standard InChI is InChI=1S/C15H18N4O/c1-3-16-15-17-8-10(2)14(19-15)18-12-9-20-13-7-5-4-6-11(12)13/h4-8,12H,3,9H2,1-2H3,(H2,16,17,18,19). The van der Waals surface area contributed by atoms with Crippen LogP contribution in [0.3, 0.4) is 0 Å². The Morgan fingerprint density at radius 1 is 1.35 bits per heavy atom. The van der Waals surface area contributed by atoms with Crippen LogP contribution in [0.1, 0.15) is 24.1 Å². The van der Waals surface area contributed by atoms with Crippen LogP contribution in [0.15, 0.2) is 30.5 Å². The molecule has 20 heavy (non-hydrogen) atoms. The van der Waals surface area contributed by atoms with Gasteiger partial charge in [0, 0.05) is 23.9 Å². The summed E-state index contributed by atoms with van der Waals surface area (Å²) in [5, 5.41) is 6.57. The maximum atomic E-state index is 5.68. The summed E-state index contributed by atoms with van der Waals surface area (Å²) < 4.78 is 5.68. The van der Waals surface area contributed by atoms with Gasteiger partial charge in [0.2, 0.25) is 5.95 Å². The molecule has 5 heteroatoms. The second-order valence-electron chi connectivity index (χ2n) is 4.80. The first-order valence-electron chi connectivity index (χ1n) is 6.83. The zero-order valence-electron chi connectivity index (χ0n) is 11.7. The first-order chi connectivity index (χ1) is 9.78. The van der Waals surface area contributed by atoms with Crippen molar-refractivity contribution < 1.29 is 4.74 Å². The highest BCUT2D eigenvalue weighted by Crippen LogP contribution is 2.34. The number of hydrogen-bond acceptors (Lipinski definition) is 5. The molecule has 1 aliphatic rings. The Bertz CT molecular complexity index is 615. The van der Waals surface area contributed by atoms with Crippen molar-refractivity contribution >= 4 is 11.8 Å². The van der Waals surface area contributed by atoms with E-state index in [1.807, 2.05) is 38.2 Å². The third-order valence-corrected chi connectivity index (χ3v) is 3.32. The van der Waals surface area contributed by atoms with Crippen molar-refractivity contribution in [3.63, 3.8) is 0 Å². The molecule has 1 unspecified atom stereocenters. The van der Waals surface area contributed by atoms with Crippen LogP contribution in [0, 0.1) is 6.92 Å². The molecule has 104 valence electrons. The molecule has 2 N–H and O–H groups in total. The summed E-state index contributed by atoms with van der Waals surface area (Å²) in [4.78, 5) is 8.76. The Balaban J connectivity index is 1.83. The molecule has 0 amide bonds. The molecule has 1 aromatic heterocycles. The van der Waals surface area contributed by atoms with Crippen molar-refractivity contribution in [1.82, 2.24) is 9.97 Å². The average molecular weight is 270 g/mol. The number of hydrogen-bond donors (Lipinski definition) is 2. The van der Waals surface area contributed by atoms with Crippen LogP contribution in [-0.2, 0) is 0 Å². The summed E-state index contributed by atoms with van der Waals surface area (Å²) >= 11 is 0. The molecular formula is C15H18N4O. The fraction of sp³-hybridized carbons (Fsp3) is 0.333. The van der Waals surface area contributed by atoms with E-state index in [1.54, 1.807) is 0 Å². The van der Waals surface area contributed by atoms with E-state index in [0.29, 0.717) is 12.6 Å². The lowest BCUT2D eigenvalue weighted by molar-refractivity contribution is 0.339. The molecule has 0 saturated carbocycles. The van der Waals surface area contributed by atoms with Crippen molar-refractivity contribution in [2.45, 2.75) is 19.9 Å². The van der Waals surface area contributed by atoms with Gasteiger partial charge in [-0.1, -0.05) is 18.2 Å². The quantitative estimate of drug-likeness (QED) is 0.894. The number of anilines is 2. The van der Waals surface area contributed by atoms with Gasteiger partial charge in [-0.05, 0) is 19.9 Å². The van der Waals surface area contributed by atoms with Crippen molar-refractivity contribution in [2.24, 2.45) is 0 Å². The molecule has 0 bridgehead atoms. The maximum absolute atomic E-state index is 5.68. The Hall–Kier alpha value is -2.30. The SMILES string of the molecule is CCNc1ncc(C)c(NC2COc3ccccc32)n1. The van der Waals surface area contributed by atoms with Gasteiger partial charge in [0.05, 0.1) is 6.04 Å². The molecule has 1 aromatic carbocycles. The zero-order valence-corrected chi connectivity index (χ0v) is 11.7. The number of para-hydroxylation sites is 1. The highest BCUT2D eigenvalue weighted by molar-refractivity contribution is 5.51. The Morgan fingerprint density at radius 3 is 3.05 bits per heavy atom. The van der Waals surface area contributed by atoms with Gasteiger partial charge in [-0.15, -0.1) is 0 Å². The first kappa shape index (κ1) is 12.7. The van der Waals surface area contributed by atoms with E-state index in [-0.39, 0.29) is 6.04 Å². The Morgan fingerprint density at radius 2 is 2.20 bits per heavy atom. The van der Waals surface area contributed by atoms with Gasteiger partial charge in [0.15, 0.2) is 0 Å². The third kappa shape index (κ3) is 2.39. The lowest BCUT2D eigenvalue weighted by atomic mass is 10.1. The van der Waals surface area contributed by atoms with Crippen LogP contribution in [0.2, 0.25) is 0 Å². The number of aromatic nitrogens is 2. The van der Waals surface area contributed by atoms with Gasteiger partial charge < -0.3 is 15.4 Å². The van der Waals surface area contributed by atoms with E-state index >= 15 is 0 Å². The Labute approximate surface area is 118 Å². The topological polar surface area (TPSA) is 59.1 Å². The van der Waals surface area contributed by atoms with Gasteiger partial charge in [-0.2, -0.15) is 4.98 Å².